The number of aromatic nitrogens is 6. The zero-order chi connectivity index (χ0) is 25.4. The van der Waals surface area contributed by atoms with Crippen LogP contribution in [0.2, 0.25) is 0 Å². The van der Waals surface area contributed by atoms with Gasteiger partial charge in [0, 0.05) is 23.4 Å². The number of nitrogens with two attached hydrogens (primary N) is 1. The number of nitrogen functional groups attached to an aromatic ring is 1. The molecule has 1 aromatic carbocycles. The van der Waals surface area contributed by atoms with Crippen molar-refractivity contribution < 1.29 is 0 Å². The number of thioether (sulfide) groups is 1. The number of hydrogen-bond donors (Lipinski definition) is 2. The highest BCUT2D eigenvalue weighted by atomic mass is 32.2. The Morgan fingerprint density at radius 1 is 1.17 bits per heavy atom. The van der Waals surface area contributed by atoms with Gasteiger partial charge in [-0.15, -0.1) is 11.8 Å². The van der Waals surface area contributed by atoms with Gasteiger partial charge in [-0.2, -0.15) is 0 Å². The van der Waals surface area contributed by atoms with Gasteiger partial charge in [-0.05, 0) is 57.1 Å². The second kappa shape index (κ2) is 9.85. The van der Waals surface area contributed by atoms with Gasteiger partial charge in [-0.25, -0.2) is 24.9 Å². The van der Waals surface area contributed by atoms with E-state index in [1.807, 2.05) is 20.1 Å². The number of benzene rings is 1. The molecular formula is C26H30N8OS. The molecule has 3 aromatic heterocycles. The van der Waals surface area contributed by atoms with E-state index in [1.165, 1.54) is 4.90 Å². The molecule has 10 heteroatoms. The van der Waals surface area contributed by atoms with Crippen LogP contribution in [0.1, 0.15) is 62.0 Å². The van der Waals surface area contributed by atoms with Crippen LogP contribution in [0.5, 0.6) is 0 Å². The van der Waals surface area contributed by atoms with Gasteiger partial charge in [-0.1, -0.05) is 19.1 Å². The number of hydrogen-bond acceptors (Lipinski definition) is 9. The van der Waals surface area contributed by atoms with E-state index < -0.39 is 0 Å². The second-order valence-corrected chi connectivity index (χ2v) is 10.1. The van der Waals surface area contributed by atoms with E-state index in [0.29, 0.717) is 35.3 Å². The summed E-state index contributed by atoms with van der Waals surface area (Å²) in [7, 11) is 0. The first kappa shape index (κ1) is 24.2. The number of anilines is 2. The van der Waals surface area contributed by atoms with Crippen LogP contribution in [0.4, 0.5) is 11.8 Å². The summed E-state index contributed by atoms with van der Waals surface area (Å²) in [4.78, 5) is 37.8. The molecule has 0 radical (unpaired) electrons. The van der Waals surface area contributed by atoms with E-state index in [9.17, 15) is 4.79 Å². The molecule has 186 valence electrons. The number of nitrogens with one attached hydrogen (secondary N) is 1. The molecule has 0 saturated heterocycles. The number of fused-ring (bicyclic) bond motifs is 1. The molecule has 3 heterocycles. The molecule has 0 bridgehead atoms. The lowest BCUT2D eigenvalue weighted by molar-refractivity contribution is 0.526. The Morgan fingerprint density at radius 2 is 1.92 bits per heavy atom. The van der Waals surface area contributed by atoms with Gasteiger partial charge < -0.3 is 11.1 Å². The van der Waals surface area contributed by atoms with E-state index in [2.05, 4.69) is 56.4 Å². The second-order valence-electron chi connectivity index (χ2n) is 9.20. The Hall–Kier alpha value is -3.53. The van der Waals surface area contributed by atoms with Gasteiger partial charge in [-0.3, -0.25) is 9.36 Å². The molecular weight excluding hydrogens is 472 g/mol. The highest BCUT2D eigenvalue weighted by Crippen LogP contribution is 2.43. The first-order valence-electron chi connectivity index (χ1n) is 12.2. The Morgan fingerprint density at radius 3 is 2.58 bits per heavy atom. The maximum Gasteiger partial charge on any atom is 0.295 e. The molecule has 0 amide bonds. The van der Waals surface area contributed by atoms with Crippen molar-refractivity contribution in [2.45, 2.75) is 63.4 Å². The molecule has 0 unspecified atom stereocenters. The third-order valence-corrected chi connectivity index (χ3v) is 7.35. The molecule has 5 rings (SSSR count). The lowest BCUT2D eigenvalue weighted by atomic mass is 10.1. The van der Waals surface area contributed by atoms with Crippen LogP contribution in [-0.2, 0) is 6.54 Å². The van der Waals surface area contributed by atoms with E-state index >= 15 is 0 Å². The maximum absolute atomic E-state index is 13.6. The summed E-state index contributed by atoms with van der Waals surface area (Å²) in [6.07, 6.45) is 6.62. The highest BCUT2D eigenvalue weighted by Gasteiger charge is 2.31. The fraction of sp³-hybridized carbons (Fsp3) is 0.385. The molecule has 1 aliphatic carbocycles. The fourth-order valence-electron chi connectivity index (χ4n) is 4.30. The van der Waals surface area contributed by atoms with Gasteiger partial charge in [0.2, 0.25) is 5.95 Å². The minimum Gasteiger partial charge on any atom is -0.368 e. The molecule has 1 fully saturated rings. The van der Waals surface area contributed by atoms with Gasteiger partial charge >= 0.3 is 0 Å². The topological polar surface area (TPSA) is 124 Å². The Balaban J connectivity index is 1.58. The quantitative estimate of drug-likeness (QED) is 0.329. The summed E-state index contributed by atoms with van der Waals surface area (Å²) in [5.74, 6) is 1.39. The van der Waals surface area contributed by atoms with Crippen molar-refractivity contribution in [3.05, 3.63) is 57.8 Å². The Kier molecular flexibility index (Phi) is 6.61. The van der Waals surface area contributed by atoms with Crippen LogP contribution < -0.4 is 16.6 Å². The zero-order valence-electron chi connectivity index (χ0n) is 20.9. The van der Waals surface area contributed by atoms with Crippen LogP contribution in [0.3, 0.4) is 0 Å². The van der Waals surface area contributed by atoms with Crippen molar-refractivity contribution in [1.29, 1.82) is 0 Å². The monoisotopic (exact) mass is 502 g/mol. The SMILES string of the molecule is CC[C@@H](C)n1c(=O)c(NCc2ccc(SC)cc2)nc2cnc(-c3c(C)nc(N)nc3C3CC3)nc21. The smallest absolute Gasteiger partial charge is 0.295 e. The number of aryl methyl sites for hydroxylation is 1. The summed E-state index contributed by atoms with van der Waals surface area (Å²) in [5, 5.41) is 3.23. The first-order valence-corrected chi connectivity index (χ1v) is 13.4. The molecule has 9 nitrogen and oxygen atoms in total. The Bertz CT molecular complexity index is 1480. The van der Waals surface area contributed by atoms with Crippen molar-refractivity contribution in [2.75, 3.05) is 17.3 Å². The summed E-state index contributed by atoms with van der Waals surface area (Å²) in [6, 6.07) is 8.18. The largest absolute Gasteiger partial charge is 0.368 e. The molecule has 0 aliphatic heterocycles. The average molecular weight is 503 g/mol. The maximum atomic E-state index is 13.6. The van der Waals surface area contributed by atoms with Crippen LogP contribution in [-0.4, -0.2) is 35.7 Å². The van der Waals surface area contributed by atoms with E-state index in [-0.39, 0.29) is 17.5 Å². The van der Waals surface area contributed by atoms with E-state index in [1.54, 1.807) is 22.5 Å². The van der Waals surface area contributed by atoms with Gasteiger partial charge in [0.05, 0.1) is 23.1 Å². The highest BCUT2D eigenvalue weighted by molar-refractivity contribution is 7.98. The molecule has 0 spiro atoms. The molecule has 1 aliphatic rings. The zero-order valence-corrected chi connectivity index (χ0v) is 21.8. The minimum atomic E-state index is -0.199. The van der Waals surface area contributed by atoms with Crippen LogP contribution in [0.25, 0.3) is 22.6 Å². The summed E-state index contributed by atoms with van der Waals surface area (Å²) in [5.41, 5.74) is 10.3. The lowest BCUT2D eigenvalue weighted by Gasteiger charge is -2.18. The van der Waals surface area contributed by atoms with Gasteiger partial charge in [0.1, 0.15) is 5.52 Å². The van der Waals surface area contributed by atoms with Crippen LogP contribution in [0.15, 0.2) is 40.2 Å². The average Bonchev–Trinajstić information content (AvgIpc) is 3.72. The van der Waals surface area contributed by atoms with Crippen molar-refractivity contribution in [1.82, 2.24) is 29.5 Å². The number of nitrogens with zero attached hydrogens (tertiary/aromatic N) is 6. The van der Waals surface area contributed by atoms with Crippen LogP contribution >= 0.6 is 11.8 Å². The van der Waals surface area contributed by atoms with Gasteiger partial charge in [0.15, 0.2) is 17.3 Å². The number of rotatable bonds is 8. The fourth-order valence-corrected chi connectivity index (χ4v) is 4.71. The standard InChI is InChI=1S/C26H30N8OS/c1-5-14(2)34-24-19(31-23(25(34)35)28-12-16-6-10-18(36-4)11-7-16)13-29-22(33-24)20-15(3)30-26(27)32-21(20)17-8-9-17/h6-7,10-11,13-14,17H,5,8-9,12H2,1-4H3,(H,28,31)(H2,27,30,32)/t14-/m1/s1. The van der Waals surface area contributed by atoms with Crippen molar-refractivity contribution in [3.8, 4) is 11.4 Å². The van der Waals surface area contributed by atoms with E-state index in [0.717, 1.165) is 41.8 Å². The van der Waals surface area contributed by atoms with Crippen molar-refractivity contribution in [2.24, 2.45) is 0 Å². The van der Waals surface area contributed by atoms with Crippen molar-refractivity contribution in [3.63, 3.8) is 0 Å². The van der Waals surface area contributed by atoms with Gasteiger partial charge in [0.25, 0.3) is 5.56 Å². The van der Waals surface area contributed by atoms with E-state index in [4.69, 9.17) is 10.7 Å². The lowest BCUT2D eigenvalue weighted by Crippen LogP contribution is -2.28. The normalized spacial score (nSPS) is 14.2. The minimum absolute atomic E-state index is 0.0705. The molecule has 3 N–H and O–H groups in total. The predicted molar refractivity (Wildman–Crippen MR) is 144 cm³/mol. The van der Waals surface area contributed by atoms with Crippen LogP contribution in [0, 0.1) is 6.92 Å². The van der Waals surface area contributed by atoms with Crippen molar-refractivity contribution >= 4 is 34.7 Å². The summed E-state index contributed by atoms with van der Waals surface area (Å²) >= 11 is 1.70. The molecule has 1 saturated carbocycles. The summed E-state index contributed by atoms with van der Waals surface area (Å²) in [6.45, 7) is 6.45. The molecule has 36 heavy (non-hydrogen) atoms. The summed E-state index contributed by atoms with van der Waals surface area (Å²) < 4.78 is 1.72. The first-order chi connectivity index (χ1) is 17.4. The Labute approximate surface area is 214 Å². The third kappa shape index (κ3) is 4.65. The predicted octanol–water partition coefficient (Wildman–Crippen LogP) is 4.72. The molecule has 4 aromatic rings. The third-order valence-electron chi connectivity index (χ3n) is 6.61. The molecule has 1 atom stereocenters.